The molecule has 0 N–H and O–H groups in total. The van der Waals surface area contributed by atoms with E-state index >= 15 is 0 Å². The normalized spacial score (nSPS) is 13.9. The van der Waals surface area contributed by atoms with E-state index in [2.05, 4.69) is 142 Å². The lowest BCUT2D eigenvalue weighted by atomic mass is 9.36. The number of anilines is 6. The average molecular weight is 547 g/mol. The molecule has 0 saturated heterocycles. The van der Waals surface area contributed by atoms with Gasteiger partial charge < -0.3 is 18.8 Å². The molecule has 198 valence electrons. The van der Waals surface area contributed by atoms with Gasteiger partial charge in [0, 0.05) is 50.2 Å². The third-order valence-corrected chi connectivity index (χ3v) is 9.68. The summed E-state index contributed by atoms with van der Waals surface area (Å²) in [5.41, 5.74) is 15.6. The Balaban J connectivity index is 1.31. The van der Waals surface area contributed by atoms with E-state index in [4.69, 9.17) is 4.42 Å². The third kappa shape index (κ3) is 2.52. The Labute approximate surface area is 247 Å². The fourth-order valence-corrected chi connectivity index (χ4v) is 8.14. The second-order valence-corrected chi connectivity index (χ2v) is 11.7. The summed E-state index contributed by atoms with van der Waals surface area (Å²) < 4.78 is 9.14. The third-order valence-electron chi connectivity index (χ3n) is 9.68. The van der Waals surface area contributed by atoms with Crippen LogP contribution in [0.5, 0.6) is 0 Å². The first kappa shape index (κ1) is 22.0. The van der Waals surface area contributed by atoms with Crippen LogP contribution in [0.2, 0.25) is 0 Å². The van der Waals surface area contributed by atoms with Gasteiger partial charge in [-0.3, -0.25) is 0 Å². The number of rotatable bonds is 2. The Hall–Kier alpha value is -5.68. The highest BCUT2D eigenvalue weighted by atomic mass is 16.3. The van der Waals surface area contributed by atoms with Crippen molar-refractivity contribution in [3.63, 3.8) is 0 Å². The van der Waals surface area contributed by atoms with E-state index in [0.29, 0.717) is 0 Å². The van der Waals surface area contributed by atoms with Gasteiger partial charge in [0.15, 0.2) is 5.58 Å². The molecule has 6 aromatic carbocycles. The summed E-state index contributed by atoms with van der Waals surface area (Å²) in [6.45, 7) is 0.144. The molecule has 0 saturated carbocycles. The van der Waals surface area contributed by atoms with Gasteiger partial charge in [-0.25, -0.2) is 0 Å². The van der Waals surface area contributed by atoms with Crippen molar-refractivity contribution < 1.29 is 4.42 Å². The predicted molar refractivity (Wildman–Crippen MR) is 178 cm³/mol. The van der Waals surface area contributed by atoms with Crippen LogP contribution in [0, 0.1) is 0 Å². The lowest BCUT2D eigenvalue weighted by Crippen LogP contribution is -2.59. The molecule has 43 heavy (non-hydrogen) atoms. The minimum absolute atomic E-state index is 0.144. The minimum Gasteiger partial charge on any atom is -0.454 e. The summed E-state index contributed by atoms with van der Waals surface area (Å²) >= 11 is 0. The topological polar surface area (TPSA) is 24.6 Å². The van der Waals surface area contributed by atoms with Gasteiger partial charge in [-0.15, -0.1) is 0 Å². The summed E-state index contributed by atoms with van der Waals surface area (Å²) in [4.78, 5) is 4.93. The number of benzene rings is 6. The number of hydrogen-bond acceptors (Lipinski definition) is 3. The van der Waals surface area contributed by atoms with Crippen molar-refractivity contribution >= 4 is 90.2 Å². The molecule has 0 amide bonds. The van der Waals surface area contributed by atoms with Gasteiger partial charge >= 0.3 is 0 Å². The van der Waals surface area contributed by atoms with Crippen LogP contribution in [0.25, 0.3) is 38.5 Å². The summed E-state index contributed by atoms with van der Waals surface area (Å²) in [6.07, 6.45) is 0. The number of furan rings is 1. The number of para-hydroxylation sites is 4. The second kappa shape index (κ2) is 7.58. The van der Waals surface area contributed by atoms with Crippen LogP contribution >= 0.6 is 0 Å². The fourth-order valence-electron chi connectivity index (χ4n) is 8.14. The fraction of sp³-hybridized carbons (Fsp3) is 0. The van der Waals surface area contributed by atoms with Gasteiger partial charge in [-0.05, 0) is 65.5 Å². The summed E-state index contributed by atoms with van der Waals surface area (Å²) in [7, 11) is 0. The first-order valence-corrected chi connectivity index (χ1v) is 14.8. The van der Waals surface area contributed by atoms with Gasteiger partial charge in [0.25, 0.3) is 6.71 Å². The summed E-state index contributed by atoms with van der Waals surface area (Å²) in [6, 6.07) is 48.2. The first-order valence-electron chi connectivity index (χ1n) is 14.8. The molecule has 3 aliphatic heterocycles. The van der Waals surface area contributed by atoms with Crippen molar-refractivity contribution in [2.24, 2.45) is 0 Å². The highest BCUT2D eigenvalue weighted by Gasteiger charge is 2.51. The van der Waals surface area contributed by atoms with Gasteiger partial charge in [-0.1, -0.05) is 78.9 Å². The molecule has 5 heteroatoms. The number of hydrogen-bond donors (Lipinski definition) is 0. The summed E-state index contributed by atoms with van der Waals surface area (Å²) in [5, 5.41) is 3.56. The Morgan fingerprint density at radius 3 is 1.91 bits per heavy atom. The Bertz CT molecular complexity index is 2490. The zero-order chi connectivity index (χ0) is 27.8. The largest absolute Gasteiger partial charge is 0.454 e. The lowest BCUT2D eigenvalue weighted by Gasteiger charge is -2.41. The van der Waals surface area contributed by atoms with Crippen LogP contribution in [0.3, 0.4) is 0 Å². The van der Waals surface area contributed by atoms with E-state index in [0.717, 1.165) is 27.6 Å². The zero-order valence-electron chi connectivity index (χ0n) is 23.0. The van der Waals surface area contributed by atoms with Gasteiger partial charge in [0.05, 0.1) is 16.9 Å². The molecule has 5 heterocycles. The van der Waals surface area contributed by atoms with Crippen LogP contribution in [-0.4, -0.2) is 11.3 Å². The Morgan fingerprint density at radius 1 is 0.465 bits per heavy atom. The van der Waals surface area contributed by atoms with Crippen molar-refractivity contribution in [3.8, 4) is 5.69 Å². The summed E-state index contributed by atoms with van der Waals surface area (Å²) in [5.74, 6) is 0. The van der Waals surface area contributed by atoms with E-state index < -0.39 is 0 Å². The molecule has 0 aliphatic carbocycles. The average Bonchev–Trinajstić information content (AvgIpc) is 3.73. The SMILES string of the molecule is c1ccc(N2c3cccc4c3B3c5c(cccc5-n5c3c2c2ccccc25)N4c2cccc3c2oc2ccccc23)cc1. The van der Waals surface area contributed by atoms with Crippen molar-refractivity contribution in [2.45, 2.75) is 0 Å². The van der Waals surface area contributed by atoms with Crippen molar-refractivity contribution in [1.82, 2.24) is 4.57 Å². The molecule has 2 aromatic heterocycles. The van der Waals surface area contributed by atoms with Crippen LogP contribution < -0.4 is 26.3 Å². The van der Waals surface area contributed by atoms with Gasteiger partial charge in [-0.2, -0.15) is 0 Å². The van der Waals surface area contributed by atoms with E-state index in [1.165, 1.54) is 61.5 Å². The molecule has 0 unspecified atom stereocenters. The van der Waals surface area contributed by atoms with Crippen molar-refractivity contribution in [1.29, 1.82) is 0 Å². The zero-order valence-corrected chi connectivity index (χ0v) is 23.0. The van der Waals surface area contributed by atoms with Crippen LogP contribution in [-0.2, 0) is 0 Å². The van der Waals surface area contributed by atoms with Crippen LogP contribution in [0.4, 0.5) is 34.1 Å². The van der Waals surface area contributed by atoms with E-state index in [1.807, 2.05) is 6.07 Å². The quantitative estimate of drug-likeness (QED) is 0.206. The molecule has 0 atom stereocenters. The Morgan fingerprint density at radius 2 is 1.07 bits per heavy atom. The molecule has 0 spiro atoms. The molecule has 0 bridgehead atoms. The smallest absolute Gasteiger partial charge is 0.275 e. The molecular formula is C38H22BN3O. The van der Waals surface area contributed by atoms with E-state index in [-0.39, 0.29) is 6.71 Å². The predicted octanol–water partition coefficient (Wildman–Crippen LogP) is 7.93. The number of fused-ring (bicyclic) bond motifs is 7. The highest BCUT2D eigenvalue weighted by molar-refractivity contribution is 7.02. The molecule has 0 fully saturated rings. The number of aromatic nitrogens is 1. The molecular weight excluding hydrogens is 525 g/mol. The standard InChI is InChI=1S/C38H22BN3O/c1-2-11-23(12-3-1)40-28-17-9-18-29-34(28)39-35-30(19-10-20-31(35)42-27-16-6-4-14-26(27)36(40)38(39)42)41(29)32-21-8-15-25-24-13-5-7-22-33(24)43-37(25)32/h1-22H. The lowest BCUT2D eigenvalue weighted by molar-refractivity contribution is 0.669. The maximum Gasteiger partial charge on any atom is 0.275 e. The molecule has 0 radical (unpaired) electrons. The molecule has 8 aromatic rings. The van der Waals surface area contributed by atoms with Gasteiger partial charge in [0.2, 0.25) is 0 Å². The molecule has 11 rings (SSSR count). The first-order chi connectivity index (χ1) is 21.4. The Kier molecular flexibility index (Phi) is 3.88. The highest BCUT2D eigenvalue weighted by Crippen LogP contribution is 2.50. The van der Waals surface area contributed by atoms with Crippen molar-refractivity contribution in [3.05, 3.63) is 133 Å². The van der Waals surface area contributed by atoms with E-state index in [1.54, 1.807) is 0 Å². The molecule has 3 aliphatic rings. The maximum atomic E-state index is 6.62. The molecule has 4 nitrogen and oxygen atoms in total. The van der Waals surface area contributed by atoms with Gasteiger partial charge in [0.1, 0.15) is 5.58 Å². The maximum absolute atomic E-state index is 6.62. The van der Waals surface area contributed by atoms with Crippen LogP contribution in [0.15, 0.2) is 138 Å². The monoisotopic (exact) mass is 547 g/mol. The van der Waals surface area contributed by atoms with Crippen molar-refractivity contribution in [2.75, 3.05) is 9.80 Å². The van der Waals surface area contributed by atoms with E-state index in [9.17, 15) is 0 Å². The number of nitrogens with zero attached hydrogens (tertiary/aromatic N) is 3. The van der Waals surface area contributed by atoms with Crippen LogP contribution in [0.1, 0.15) is 0 Å². The minimum atomic E-state index is 0.144. The second-order valence-electron chi connectivity index (χ2n) is 11.7.